The third-order valence-corrected chi connectivity index (χ3v) is 5.07. The van der Waals surface area contributed by atoms with Gasteiger partial charge in [0, 0.05) is 16.8 Å². The van der Waals surface area contributed by atoms with Crippen LogP contribution in [-0.4, -0.2) is 21.9 Å². The quantitative estimate of drug-likeness (QED) is 0.412. The number of aromatic nitrogens is 2. The standard InChI is InChI=1S/C15H10ClN3O3S2/c1-2-5-23-15-19-18-14(24-15)17-13(21)12-7-10(20)9-6-8(16)3-4-11(9)22-12/h2-4,6-7H,1,5H2,(H,17,18,21). The van der Waals surface area contributed by atoms with E-state index in [1.807, 2.05) is 0 Å². The molecule has 0 fully saturated rings. The first-order chi connectivity index (χ1) is 11.6. The van der Waals surface area contributed by atoms with Crippen LogP contribution in [0, 0.1) is 0 Å². The van der Waals surface area contributed by atoms with Crippen molar-refractivity contribution >= 4 is 56.7 Å². The fraction of sp³-hybridized carbons (Fsp3) is 0.0667. The number of halogens is 1. The number of hydrogen-bond acceptors (Lipinski definition) is 7. The highest BCUT2D eigenvalue weighted by molar-refractivity contribution is 8.01. The number of benzene rings is 1. The predicted molar refractivity (Wildman–Crippen MR) is 96.3 cm³/mol. The second-order valence-corrected chi connectivity index (χ2v) is 7.22. The lowest BCUT2D eigenvalue weighted by Gasteiger charge is -2.02. The summed E-state index contributed by atoms with van der Waals surface area (Å²) < 4.78 is 6.18. The van der Waals surface area contributed by atoms with E-state index in [4.69, 9.17) is 16.0 Å². The number of fused-ring (bicyclic) bond motifs is 1. The van der Waals surface area contributed by atoms with E-state index in [0.717, 1.165) is 6.07 Å². The van der Waals surface area contributed by atoms with Crippen LogP contribution in [0.3, 0.4) is 0 Å². The highest BCUT2D eigenvalue weighted by Crippen LogP contribution is 2.26. The minimum atomic E-state index is -0.569. The number of carbonyl (C=O) groups is 1. The summed E-state index contributed by atoms with van der Waals surface area (Å²) in [5.74, 6) is 0.0238. The van der Waals surface area contributed by atoms with Crippen molar-refractivity contribution < 1.29 is 9.21 Å². The topological polar surface area (TPSA) is 85.1 Å². The summed E-state index contributed by atoms with van der Waals surface area (Å²) >= 11 is 8.55. The molecule has 0 unspecified atom stereocenters. The summed E-state index contributed by atoms with van der Waals surface area (Å²) in [4.78, 5) is 24.3. The number of nitrogens with one attached hydrogen (secondary N) is 1. The Morgan fingerprint density at radius 2 is 2.25 bits per heavy atom. The second-order valence-electron chi connectivity index (χ2n) is 4.54. The van der Waals surface area contributed by atoms with Crippen LogP contribution in [0.5, 0.6) is 0 Å². The molecule has 6 nitrogen and oxygen atoms in total. The highest BCUT2D eigenvalue weighted by Gasteiger charge is 2.15. The first kappa shape index (κ1) is 16.7. The fourth-order valence-electron chi connectivity index (χ4n) is 1.85. The van der Waals surface area contributed by atoms with Gasteiger partial charge in [0.1, 0.15) is 5.58 Å². The Labute approximate surface area is 149 Å². The fourth-order valence-corrected chi connectivity index (χ4v) is 3.53. The van der Waals surface area contributed by atoms with Crippen molar-refractivity contribution in [2.24, 2.45) is 0 Å². The van der Waals surface area contributed by atoms with Gasteiger partial charge >= 0.3 is 0 Å². The molecule has 0 saturated carbocycles. The van der Waals surface area contributed by atoms with E-state index in [1.165, 1.54) is 29.2 Å². The van der Waals surface area contributed by atoms with Gasteiger partial charge in [-0.1, -0.05) is 40.8 Å². The molecule has 2 aromatic heterocycles. The van der Waals surface area contributed by atoms with Crippen molar-refractivity contribution in [2.45, 2.75) is 4.34 Å². The van der Waals surface area contributed by atoms with Gasteiger partial charge in [0.2, 0.25) is 5.13 Å². The van der Waals surface area contributed by atoms with Gasteiger partial charge in [0.05, 0.1) is 5.39 Å². The molecule has 3 aromatic rings. The summed E-state index contributed by atoms with van der Waals surface area (Å²) in [5, 5.41) is 11.4. The molecule has 0 aliphatic heterocycles. The van der Waals surface area contributed by atoms with Crippen LogP contribution in [0.2, 0.25) is 5.02 Å². The summed E-state index contributed by atoms with van der Waals surface area (Å²) in [6.45, 7) is 3.62. The molecular formula is C15H10ClN3O3S2. The Morgan fingerprint density at radius 1 is 1.42 bits per heavy atom. The summed E-state index contributed by atoms with van der Waals surface area (Å²) in [6.07, 6.45) is 1.75. The Bertz CT molecular complexity index is 983. The molecule has 9 heteroatoms. The van der Waals surface area contributed by atoms with E-state index in [1.54, 1.807) is 18.2 Å². The van der Waals surface area contributed by atoms with Crippen molar-refractivity contribution in [3.05, 3.63) is 57.9 Å². The minimum Gasteiger partial charge on any atom is -0.451 e. The van der Waals surface area contributed by atoms with E-state index in [2.05, 4.69) is 22.1 Å². The van der Waals surface area contributed by atoms with E-state index in [0.29, 0.717) is 25.6 Å². The molecule has 1 N–H and O–H groups in total. The lowest BCUT2D eigenvalue weighted by molar-refractivity contribution is 0.0997. The van der Waals surface area contributed by atoms with Crippen molar-refractivity contribution in [1.82, 2.24) is 10.2 Å². The highest BCUT2D eigenvalue weighted by atomic mass is 35.5. The predicted octanol–water partition coefficient (Wildman–Crippen LogP) is 3.83. The van der Waals surface area contributed by atoms with Gasteiger partial charge in [0.15, 0.2) is 15.5 Å². The molecule has 1 amide bonds. The Balaban J connectivity index is 1.83. The van der Waals surface area contributed by atoms with Crippen LogP contribution in [0.15, 0.2) is 50.5 Å². The van der Waals surface area contributed by atoms with Crippen LogP contribution in [0.1, 0.15) is 10.6 Å². The smallest absolute Gasteiger partial charge is 0.293 e. The number of nitrogens with zero attached hydrogens (tertiary/aromatic N) is 2. The second kappa shape index (κ2) is 7.16. The number of thioether (sulfide) groups is 1. The Morgan fingerprint density at radius 3 is 3.04 bits per heavy atom. The molecule has 24 heavy (non-hydrogen) atoms. The number of anilines is 1. The van der Waals surface area contributed by atoms with Gasteiger partial charge in [-0.2, -0.15) is 0 Å². The zero-order chi connectivity index (χ0) is 17.1. The Hall–Kier alpha value is -2.16. The van der Waals surface area contributed by atoms with Crippen molar-refractivity contribution in [2.75, 3.05) is 11.1 Å². The lowest BCUT2D eigenvalue weighted by Crippen LogP contribution is -2.14. The van der Waals surface area contributed by atoms with Crippen molar-refractivity contribution in [1.29, 1.82) is 0 Å². The lowest BCUT2D eigenvalue weighted by atomic mass is 10.2. The Kier molecular flexibility index (Phi) is 4.98. The van der Waals surface area contributed by atoms with Crippen LogP contribution in [-0.2, 0) is 0 Å². The normalized spacial score (nSPS) is 10.7. The molecule has 1 aromatic carbocycles. The number of carbonyl (C=O) groups excluding carboxylic acids is 1. The molecule has 0 saturated heterocycles. The summed E-state index contributed by atoms with van der Waals surface area (Å²) in [7, 11) is 0. The van der Waals surface area contributed by atoms with E-state index >= 15 is 0 Å². The molecular weight excluding hydrogens is 370 g/mol. The van der Waals surface area contributed by atoms with Crippen molar-refractivity contribution in [3.8, 4) is 0 Å². The molecule has 0 atom stereocenters. The average Bonchev–Trinajstić information content (AvgIpc) is 3.00. The monoisotopic (exact) mass is 379 g/mol. The van der Waals surface area contributed by atoms with Gasteiger partial charge in [0.25, 0.3) is 5.91 Å². The van der Waals surface area contributed by atoms with Crippen LogP contribution in [0.4, 0.5) is 5.13 Å². The van der Waals surface area contributed by atoms with Gasteiger partial charge in [-0.15, -0.1) is 16.8 Å². The summed E-state index contributed by atoms with van der Waals surface area (Å²) in [6, 6.07) is 5.76. The molecule has 0 aliphatic carbocycles. The SMILES string of the molecule is C=CCSc1nnc(NC(=O)c2cc(=O)c3cc(Cl)ccc3o2)s1. The molecule has 0 aliphatic rings. The van der Waals surface area contributed by atoms with Gasteiger partial charge in [-0.05, 0) is 18.2 Å². The number of amides is 1. The molecule has 0 radical (unpaired) electrons. The molecule has 2 heterocycles. The molecule has 0 bridgehead atoms. The zero-order valence-corrected chi connectivity index (χ0v) is 14.5. The van der Waals surface area contributed by atoms with E-state index in [-0.39, 0.29) is 16.8 Å². The number of hydrogen-bond donors (Lipinski definition) is 1. The third kappa shape index (κ3) is 3.66. The van der Waals surface area contributed by atoms with Gasteiger partial charge in [-0.25, -0.2) is 0 Å². The maximum absolute atomic E-state index is 12.2. The zero-order valence-electron chi connectivity index (χ0n) is 12.1. The first-order valence-corrected chi connectivity index (χ1v) is 8.87. The van der Waals surface area contributed by atoms with Crippen LogP contribution in [0.25, 0.3) is 11.0 Å². The molecule has 3 rings (SSSR count). The minimum absolute atomic E-state index is 0.106. The summed E-state index contributed by atoms with van der Waals surface area (Å²) in [5.41, 5.74) is -0.0556. The largest absolute Gasteiger partial charge is 0.451 e. The van der Waals surface area contributed by atoms with E-state index in [9.17, 15) is 9.59 Å². The van der Waals surface area contributed by atoms with Crippen molar-refractivity contribution in [3.63, 3.8) is 0 Å². The third-order valence-electron chi connectivity index (χ3n) is 2.86. The first-order valence-electron chi connectivity index (χ1n) is 6.69. The van der Waals surface area contributed by atoms with Crippen LogP contribution >= 0.6 is 34.7 Å². The maximum Gasteiger partial charge on any atom is 0.293 e. The van der Waals surface area contributed by atoms with Gasteiger partial charge in [-0.3, -0.25) is 14.9 Å². The van der Waals surface area contributed by atoms with Crippen LogP contribution < -0.4 is 10.7 Å². The molecule has 122 valence electrons. The van der Waals surface area contributed by atoms with E-state index < -0.39 is 5.91 Å². The molecule has 0 spiro atoms. The van der Waals surface area contributed by atoms with Gasteiger partial charge < -0.3 is 4.42 Å². The maximum atomic E-state index is 12.2. The number of rotatable bonds is 5. The average molecular weight is 380 g/mol.